The van der Waals surface area contributed by atoms with E-state index in [-0.39, 0.29) is 24.1 Å². The topological polar surface area (TPSA) is 105 Å². The molecule has 0 saturated carbocycles. The van der Waals surface area contributed by atoms with Gasteiger partial charge in [-0.05, 0) is 25.1 Å². The van der Waals surface area contributed by atoms with E-state index in [4.69, 9.17) is 5.73 Å². The number of nitrogens with two attached hydrogens (primary N) is 1. The molecule has 0 aliphatic heterocycles. The third-order valence-electron chi connectivity index (χ3n) is 2.27. The molecule has 5 N–H and O–H groups in total. The lowest BCUT2D eigenvalue weighted by Crippen LogP contribution is -2.25. The first kappa shape index (κ1) is 13.1. The molecular formula is C11H16N2O4. The molecular weight excluding hydrogens is 224 g/mol. The Morgan fingerprint density at radius 3 is 2.88 bits per heavy atom. The van der Waals surface area contributed by atoms with Gasteiger partial charge in [0.15, 0.2) is 0 Å². The molecule has 0 fully saturated rings. The fourth-order valence-corrected chi connectivity index (χ4v) is 1.43. The van der Waals surface area contributed by atoms with Gasteiger partial charge in [-0.25, -0.2) is 4.79 Å². The molecule has 0 saturated heterocycles. The maximum absolute atomic E-state index is 10.3. The molecule has 6 heteroatoms. The van der Waals surface area contributed by atoms with Gasteiger partial charge in [0.2, 0.25) is 0 Å². The molecule has 94 valence electrons. The van der Waals surface area contributed by atoms with Crippen molar-refractivity contribution in [3.05, 3.63) is 23.8 Å². The second-order valence-electron chi connectivity index (χ2n) is 3.59. The zero-order chi connectivity index (χ0) is 12.8. The number of hydrogen-bond donors (Lipinski definition) is 4. The lowest BCUT2D eigenvalue weighted by molar-refractivity contribution is 0.156. The summed E-state index contributed by atoms with van der Waals surface area (Å²) in [6.07, 6.45) is -0.820. The van der Waals surface area contributed by atoms with Gasteiger partial charge in [-0.15, -0.1) is 0 Å². The molecule has 17 heavy (non-hydrogen) atoms. The molecule has 1 atom stereocenters. The quantitative estimate of drug-likeness (QED) is 0.451. The van der Waals surface area contributed by atoms with Crippen LogP contribution in [0.1, 0.15) is 18.5 Å². The van der Waals surface area contributed by atoms with E-state index in [9.17, 15) is 15.0 Å². The van der Waals surface area contributed by atoms with E-state index in [0.29, 0.717) is 12.1 Å². The van der Waals surface area contributed by atoms with Crippen LogP contribution in [0.5, 0.6) is 11.5 Å². The van der Waals surface area contributed by atoms with Gasteiger partial charge >= 0.3 is 6.09 Å². The molecule has 0 radical (unpaired) electrons. The predicted molar refractivity (Wildman–Crippen MR) is 61.7 cm³/mol. The number of nitrogens with one attached hydrogen (secondary N) is 1. The van der Waals surface area contributed by atoms with Crippen molar-refractivity contribution in [2.75, 3.05) is 13.2 Å². The first-order valence-corrected chi connectivity index (χ1v) is 5.18. The Hall–Kier alpha value is -1.95. The van der Waals surface area contributed by atoms with Crippen molar-refractivity contribution in [3.8, 4) is 11.5 Å². The van der Waals surface area contributed by atoms with Gasteiger partial charge in [-0.3, -0.25) is 0 Å². The summed E-state index contributed by atoms with van der Waals surface area (Å²) in [7, 11) is 0. The average molecular weight is 240 g/mol. The summed E-state index contributed by atoms with van der Waals surface area (Å²) >= 11 is 0. The molecule has 0 bridgehead atoms. The van der Waals surface area contributed by atoms with Crippen LogP contribution >= 0.6 is 0 Å². The monoisotopic (exact) mass is 240 g/mol. The number of ether oxygens (including phenoxy) is 1. The van der Waals surface area contributed by atoms with Crippen molar-refractivity contribution in [2.45, 2.75) is 13.0 Å². The van der Waals surface area contributed by atoms with Crippen molar-refractivity contribution < 1.29 is 19.7 Å². The Kier molecular flexibility index (Phi) is 4.59. The number of phenolic OH excluding ortho intramolecular Hbond substituents is 2. The Balaban J connectivity index is 2.49. The lowest BCUT2D eigenvalue weighted by atomic mass is 10.1. The van der Waals surface area contributed by atoms with Gasteiger partial charge in [0.05, 0.1) is 0 Å². The molecule has 0 heterocycles. The molecule has 1 aromatic carbocycles. The maximum Gasteiger partial charge on any atom is 0.404 e. The van der Waals surface area contributed by atoms with Gasteiger partial charge in [0, 0.05) is 18.2 Å². The molecule has 0 aliphatic rings. The minimum atomic E-state index is -0.820. The number of amides is 1. The predicted octanol–water partition coefficient (Wildman–Crippen LogP) is 0.844. The third-order valence-corrected chi connectivity index (χ3v) is 2.27. The molecule has 6 nitrogen and oxygen atoms in total. The molecule has 1 amide bonds. The van der Waals surface area contributed by atoms with Crippen LogP contribution in [0.3, 0.4) is 0 Å². The zero-order valence-corrected chi connectivity index (χ0v) is 9.51. The van der Waals surface area contributed by atoms with Crippen LogP contribution in [0.4, 0.5) is 4.79 Å². The highest BCUT2D eigenvalue weighted by molar-refractivity contribution is 5.64. The number of rotatable bonds is 5. The number of hydrogen-bond acceptors (Lipinski definition) is 5. The number of primary amides is 1. The van der Waals surface area contributed by atoms with Crippen molar-refractivity contribution >= 4 is 6.09 Å². The Labute approximate surface area is 99.0 Å². The lowest BCUT2D eigenvalue weighted by Gasteiger charge is -2.15. The molecule has 1 rings (SSSR count). The molecule has 1 unspecified atom stereocenters. The summed E-state index contributed by atoms with van der Waals surface area (Å²) in [5.74, 6) is 0.179. The molecule has 0 spiro atoms. The zero-order valence-electron chi connectivity index (χ0n) is 9.51. The first-order valence-electron chi connectivity index (χ1n) is 5.18. The van der Waals surface area contributed by atoms with Crippen LogP contribution < -0.4 is 11.1 Å². The highest BCUT2D eigenvalue weighted by Gasteiger charge is 2.10. The van der Waals surface area contributed by atoms with E-state index in [1.54, 1.807) is 0 Å². The highest BCUT2D eigenvalue weighted by atomic mass is 16.5. The van der Waals surface area contributed by atoms with Crippen molar-refractivity contribution in [1.29, 1.82) is 0 Å². The summed E-state index contributed by atoms with van der Waals surface area (Å²) < 4.78 is 4.55. The van der Waals surface area contributed by atoms with Crippen LogP contribution in [-0.2, 0) is 4.74 Å². The van der Waals surface area contributed by atoms with Crippen molar-refractivity contribution in [1.82, 2.24) is 5.32 Å². The Morgan fingerprint density at radius 2 is 2.24 bits per heavy atom. The summed E-state index contributed by atoms with van der Waals surface area (Å²) in [4.78, 5) is 10.3. The summed E-state index contributed by atoms with van der Waals surface area (Å²) in [6, 6.07) is 4.12. The minimum Gasteiger partial charge on any atom is -0.508 e. The van der Waals surface area contributed by atoms with Crippen LogP contribution in [0.2, 0.25) is 0 Å². The van der Waals surface area contributed by atoms with Gasteiger partial charge in [0.25, 0.3) is 0 Å². The fraction of sp³-hybridized carbons (Fsp3) is 0.364. The van der Waals surface area contributed by atoms with Gasteiger partial charge in [-0.1, -0.05) is 0 Å². The molecule has 0 aromatic heterocycles. The Morgan fingerprint density at radius 1 is 1.53 bits per heavy atom. The average Bonchev–Trinajstić information content (AvgIpc) is 2.27. The summed E-state index contributed by atoms with van der Waals surface area (Å²) in [6.45, 7) is 2.37. The maximum atomic E-state index is 10.3. The largest absolute Gasteiger partial charge is 0.508 e. The van der Waals surface area contributed by atoms with Crippen LogP contribution in [0.25, 0.3) is 0 Å². The van der Waals surface area contributed by atoms with Gasteiger partial charge in [0.1, 0.15) is 18.1 Å². The van der Waals surface area contributed by atoms with E-state index >= 15 is 0 Å². The number of benzene rings is 1. The van der Waals surface area contributed by atoms with E-state index in [2.05, 4.69) is 10.1 Å². The number of carbonyl (C=O) groups is 1. The highest BCUT2D eigenvalue weighted by Crippen LogP contribution is 2.27. The summed E-state index contributed by atoms with van der Waals surface area (Å²) in [5.41, 5.74) is 5.38. The van der Waals surface area contributed by atoms with Crippen LogP contribution in [-0.4, -0.2) is 29.5 Å². The van der Waals surface area contributed by atoms with E-state index < -0.39 is 6.09 Å². The van der Waals surface area contributed by atoms with Gasteiger partial charge < -0.3 is 26.0 Å². The smallest absolute Gasteiger partial charge is 0.404 e. The van der Waals surface area contributed by atoms with E-state index in [1.807, 2.05) is 6.92 Å². The first-order chi connectivity index (χ1) is 8.00. The van der Waals surface area contributed by atoms with Crippen LogP contribution in [0.15, 0.2) is 18.2 Å². The van der Waals surface area contributed by atoms with Crippen molar-refractivity contribution in [3.63, 3.8) is 0 Å². The van der Waals surface area contributed by atoms with Crippen molar-refractivity contribution in [2.24, 2.45) is 5.73 Å². The SMILES string of the molecule is CC(NCCOC(N)=O)c1cc(O)ccc1O. The molecule has 1 aromatic rings. The summed E-state index contributed by atoms with van der Waals surface area (Å²) in [5, 5.41) is 21.9. The number of aromatic hydroxyl groups is 2. The van der Waals surface area contributed by atoms with E-state index in [0.717, 1.165) is 0 Å². The van der Waals surface area contributed by atoms with E-state index in [1.165, 1.54) is 18.2 Å². The number of carbonyl (C=O) groups excluding carboxylic acids is 1. The second kappa shape index (κ2) is 5.95. The Bertz CT molecular complexity index is 395. The second-order valence-corrected chi connectivity index (χ2v) is 3.59. The van der Waals surface area contributed by atoms with Gasteiger partial charge in [-0.2, -0.15) is 0 Å². The third kappa shape index (κ3) is 4.20. The normalized spacial score (nSPS) is 12.1. The number of phenols is 2. The standard InChI is InChI=1S/C11H16N2O4/c1-7(13-4-5-17-11(12)16)9-6-8(14)2-3-10(9)15/h2-3,6-7,13-15H,4-5H2,1H3,(H2,12,16). The fourth-order valence-electron chi connectivity index (χ4n) is 1.43. The van der Waals surface area contributed by atoms with Crippen LogP contribution in [0, 0.1) is 0 Å². The minimum absolute atomic E-state index is 0.0832. The molecule has 0 aliphatic carbocycles.